The van der Waals surface area contributed by atoms with Crippen LogP contribution in [0.1, 0.15) is 11.1 Å². The Balaban J connectivity index is 1.50. The minimum atomic E-state index is -0.441. The van der Waals surface area contributed by atoms with Crippen LogP contribution in [0.25, 0.3) is 6.08 Å². The van der Waals surface area contributed by atoms with Crippen molar-refractivity contribution >= 4 is 17.5 Å². The number of carbonyl (C=O) groups is 1. The fourth-order valence-corrected chi connectivity index (χ4v) is 3.04. The molecule has 0 saturated carbocycles. The van der Waals surface area contributed by atoms with Gasteiger partial charge >= 0.3 is 0 Å². The van der Waals surface area contributed by atoms with Crippen molar-refractivity contribution in [3.05, 3.63) is 71.8 Å². The Morgan fingerprint density at radius 1 is 0.960 bits per heavy atom. The fraction of sp³-hybridized carbons (Fsp3) is 0.286. The first-order valence-electron chi connectivity index (χ1n) is 8.67. The largest absolute Gasteiger partial charge is 0.388 e. The maximum atomic E-state index is 11.1. The maximum Gasteiger partial charge on any atom is 0.181 e. The highest BCUT2D eigenvalue weighted by Crippen LogP contribution is 2.17. The first kappa shape index (κ1) is 17.4. The minimum Gasteiger partial charge on any atom is -0.388 e. The molecule has 0 bridgehead atoms. The van der Waals surface area contributed by atoms with E-state index in [-0.39, 0.29) is 5.78 Å². The summed E-state index contributed by atoms with van der Waals surface area (Å²) in [5.74, 6) is -0.277. The van der Waals surface area contributed by atoms with E-state index in [4.69, 9.17) is 5.11 Å². The molecule has 130 valence electrons. The Morgan fingerprint density at radius 2 is 1.64 bits per heavy atom. The van der Waals surface area contributed by atoms with Gasteiger partial charge in [0.05, 0.1) is 0 Å². The van der Waals surface area contributed by atoms with Crippen LogP contribution in [-0.2, 0) is 11.3 Å². The van der Waals surface area contributed by atoms with Crippen molar-refractivity contribution in [3.8, 4) is 0 Å². The number of carbonyl (C=O) groups excluding carboxylic acids is 1. The van der Waals surface area contributed by atoms with Crippen LogP contribution in [-0.4, -0.2) is 48.6 Å². The predicted octanol–water partition coefficient (Wildman–Crippen LogP) is 2.58. The third-order valence-electron chi connectivity index (χ3n) is 4.50. The van der Waals surface area contributed by atoms with Gasteiger partial charge < -0.3 is 10.0 Å². The van der Waals surface area contributed by atoms with Crippen LogP contribution >= 0.6 is 0 Å². The van der Waals surface area contributed by atoms with Crippen molar-refractivity contribution < 1.29 is 9.90 Å². The summed E-state index contributed by atoms with van der Waals surface area (Å²) in [5, 5.41) is 8.72. The first-order chi connectivity index (χ1) is 12.2. The molecule has 1 aliphatic heterocycles. The molecular formula is C21H24N2O2. The van der Waals surface area contributed by atoms with Gasteiger partial charge in [0, 0.05) is 38.4 Å². The second kappa shape index (κ2) is 8.60. The van der Waals surface area contributed by atoms with Gasteiger partial charge in [-0.3, -0.25) is 9.69 Å². The van der Waals surface area contributed by atoms with Gasteiger partial charge in [0.2, 0.25) is 0 Å². The number of rotatable bonds is 6. The number of hydrogen-bond acceptors (Lipinski definition) is 4. The average molecular weight is 336 g/mol. The monoisotopic (exact) mass is 336 g/mol. The smallest absolute Gasteiger partial charge is 0.181 e. The summed E-state index contributed by atoms with van der Waals surface area (Å²) in [4.78, 5) is 16.0. The summed E-state index contributed by atoms with van der Waals surface area (Å²) >= 11 is 0. The Bertz CT molecular complexity index is 702. The van der Waals surface area contributed by atoms with Gasteiger partial charge in [0.15, 0.2) is 5.78 Å². The van der Waals surface area contributed by atoms with E-state index in [1.807, 2.05) is 12.1 Å². The number of benzene rings is 2. The van der Waals surface area contributed by atoms with Crippen LogP contribution in [0.2, 0.25) is 0 Å². The molecule has 4 heteroatoms. The number of piperazine rings is 1. The van der Waals surface area contributed by atoms with Gasteiger partial charge in [-0.2, -0.15) is 0 Å². The lowest BCUT2D eigenvalue weighted by Gasteiger charge is -2.36. The molecule has 0 radical (unpaired) electrons. The van der Waals surface area contributed by atoms with E-state index in [1.165, 1.54) is 17.3 Å². The zero-order valence-electron chi connectivity index (χ0n) is 14.3. The molecule has 0 atom stereocenters. The first-order valence-corrected chi connectivity index (χ1v) is 8.67. The molecule has 25 heavy (non-hydrogen) atoms. The summed E-state index contributed by atoms with van der Waals surface area (Å²) in [5.41, 5.74) is 3.55. The second-order valence-corrected chi connectivity index (χ2v) is 6.30. The number of ketones is 1. The molecule has 3 rings (SSSR count). The van der Waals surface area contributed by atoms with Crippen molar-refractivity contribution in [3.63, 3.8) is 0 Å². The molecular weight excluding hydrogens is 312 g/mol. The molecule has 0 unspecified atom stereocenters. The molecule has 1 fully saturated rings. The number of nitrogens with zero attached hydrogens (tertiary/aromatic N) is 2. The molecule has 1 saturated heterocycles. The Labute approximate surface area is 149 Å². The third-order valence-corrected chi connectivity index (χ3v) is 4.50. The van der Waals surface area contributed by atoms with Crippen molar-refractivity contribution in [2.75, 3.05) is 37.7 Å². The number of hydrogen-bond donors (Lipinski definition) is 1. The van der Waals surface area contributed by atoms with Gasteiger partial charge in [-0.05, 0) is 29.3 Å². The van der Waals surface area contributed by atoms with E-state index in [9.17, 15) is 4.79 Å². The van der Waals surface area contributed by atoms with Gasteiger partial charge in [-0.1, -0.05) is 48.5 Å². The highest BCUT2D eigenvalue weighted by molar-refractivity contribution is 5.94. The number of para-hydroxylation sites is 1. The zero-order valence-corrected chi connectivity index (χ0v) is 14.3. The van der Waals surface area contributed by atoms with Crippen LogP contribution in [0, 0.1) is 0 Å². The highest BCUT2D eigenvalue weighted by atomic mass is 16.3. The van der Waals surface area contributed by atoms with E-state index in [0.717, 1.165) is 38.3 Å². The van der Waals surface area contributed by atoms with Crippen molar-refractivity contribution in [1.29, 1.82) is 0 Å². The second-order valence-electron chi connectivity index (χ2n) is 6.30. The van der Waals surface area contributed by atoms with Crippen LogP contribution in [0.3, 0.4) is 0 Å². The van der Waals surface area contributed by atoms with E-state index in [1.54, 1.807) is 6.08 Å². The molecule has 1 aliphatic rings. The van der Waals surface area contributed by atoms with E-state index < -0.39 is 6.61 Å². The molecule has 0 aliphatic carbocycles. The normalized spacial score (nSPS) is 15.6. The van der Waals surface area contributed by atoms with Crippen LogP contribution in [0.15, 0.2) is 60.7 Å². The molecule has 1 N–H and O–H groups in total. The lowest BCUT2D eigenvalue weighted by molar-refractivity contribution is -0.117. The average Bonchev–Trinajstić information content (AvgIpc) is 2.68. The van der Waals surface area contributed by atoms with Crippen LogP contribution in [0.4, 0.5) is 5.69 Å². The number of aliphatic hydroxyl groups is 1. The Morgan fingerprint density at radius 3 is 2.28 bits per heavy atom. The number of anilines is 1. The lowest BCUT2D eigenvalue weighted by atomic mass is 10.1. The van der Waals surface area contributed by atoms with Crippen molar-refractivity contribution in [2.45, 2.75) is 6.54 Å². The quantitative estimate of drug-likeness (QED) is 0.824. The summed E-state index contributed by atoms with van der Waals surface area (Å²) in [6.07, 6.45) is 3.15. The molecule has 4 nitrogen and oxygen atoms in total. The Hall–Kier alpha value is -2.43. The van der Waals surface area contributed by atoms with Gasteiger partial charge in [0.1, 0.15) is 6.61 Å². The van der Waals surface area contributed by atoms with Gasteiger partial charge in [0.25, 0.3) is 0 Å². The van der Waals surface area contributed by atoms with Crippen LogP contribution < -0.4 is 4.90 Å². The molecule has 1 heterocycles. The summed E-state index contributed by atoms with van der Waals surface area (Å²) in [7, 11) is 0. The summed E-state index contributed by atoms with van der Waals surface area (Å²) in [6, 6.07) is 18.8. The van der Waals surface area contributed by atoms with Crippen molar-refractivity contribution in [2.24, 2.45) is 0 Å². The van der Waals surface area contributed by atoms with E-state index in [0.29, 0.717) is 0 Å². The van der Waals surface area contributed by atoms with Crippen molar-refractivity contribution in [1.82, 2.24) is 4.90 Å². The molecule has 0 amide bonds. The molecule has 0 aromatic heterocycles. The predicted molar refractivity (Wildman–Crippen MR) is 102 cm³/mol. The standard InChI is InChI=1S/C21H24N2O2/c24-17-21(25)11-10-18-6-8-19(9-7-18)16-22-12-14-23(15-13-22)20-4-2-1-3-5-20/h1-11,24H,12-17H2/b11-10+. The minimum absolute atomic E-state index is 0.277. The maximum absolute atomic E-state index is 11.1. The number of aliphatic hydroxyl groups excluding tert-OH is 1. The topological polar surface area (TPSA) is 43.8 Å². The van der Waals surface area contributed by atoms with Gasteiger partial charge in [-0.25, -0.2) is 0 Å². The van der Waals surface area contributed by atoms with E-state index in [2.05, 4.69) is 52.3 Å². The zero-order chi connectivity index (χ0) is 17.5. The highest BCUT2D eigenvalue weighted by Gasteiger charge is 2.16. The van der Waals surface area contributed by atoms with E-state index >= 15 is 0 Å². The van der Waals surface area contributed by atoms with Gasteiger partial charge in [-0.15, -0.1) is 0 Å². The summed E-state index contributed by atoms with van der Waals surface area (Å²) < 4.78 is 0. The Kier molecular flexibility index (Phi) is 5.99. The fourth-order valence-electron chi connectivity index (χ4n) is 3.04. The molecule has 2 aromatic rings. The molecule has 0 spiro atoms. The lowest BCUT2D eigenvalue weighted by Crippen LogP contribution is -2.45. The van der Waals surface area contributed by atoms with Crippen LogP contribution in [0.5, 0.6) is 0 Å². The molecule has 2 aromatic carbocycles. The SMILES string of the molecule is O=C(/C=C/c1ccc(CN2CCN(c3ccccc3)CC2)cc1)CO. The third kappa shape index (κ3) is 5.02. The summed E-state index contributed by atoms with van der Waals surface area (Å²) in [6.45, 7) is 4.72.